The van der Waals surface area contributed by atoms with E-state index in [0.717, 1.165) is 41.8 Å². The third kappa shape index (κ3) is 2.07. The molecule has 4 rings (SSSR count). The molecule has 124 valence electrons. The zero-order valence-corrected chi connectivity index (χ0v) is 13.4. The molecule has 1 unspecified atom stereocenters. The molecule has 0 amide bonds. The van der Waals surface area contributed by atoms with E-state index in [1.165, 1.54) is 6.33 Å². The van der Waals surface area contributed by atoms with Crippen molar-refractivity contribution in [2.24, 2.45) is 0 Å². The van der Waals surface area contributed by atoms with Crippen molar-refractivity contribution in [1.29, 1.82) is 0 Å². The molecule has 23 heavy (non-hydrogen) atoms. The molecule has 7 heteroatoms. The number of aliphatic hydroxyl groups is 2. The maximum Gasteiger partial charge on any atom is 0.166 e. The largest absolute Gasteiger partial charge is 0.387 e. The molecule has 2 aromatic heterocycles. The maximum atomic E-state index is 10.8. The Morgan fingerprint density at radius 3 is 3.04 bits per heavy atom. The van der Waals surface area contributed by atoms with E-state index in [-0.39, 0.29) is 6.10 Å². The van der Waals surface area contributed by atoms with Crippen molar-refractivity contribution in [3.8, 4) is 0 Å². The molecule has 0 spiro atoms. The monoisotopic (exact) mass is 318 g/mol. The lowest BCUT2D eigenvalue weighted by Crippen LogP contribution is -2.43. The van der Waals surface area contributed by atoms with Crippen LogP contribution in [-0.4, -0.2) is 49.1 Å². The van der Waals surface area contributed by atoms with Gasteiger partial charge in [-0.15, -0.1) is 0 Å². The van der Waals surface area contributed by atoms with E-state index in [4.69, 9.17) is 4.74 Å². The Kier molecular flexibility index (Phi) is 3.33. The second-order valence-electron chi connectivity index (χ2n) is 6.62. The van der Waals surface area contributed by atoms with Crippen molar-refractivity contribution in [1.82, 2.24) is 14.5 Å². The molecule has 0 aliphatic carbocycles. The smallest absolute Gasteiger partial charge is 0.166 e. The lowest BCUT2D eigenvalue weighted by Gasteiger charge is -2.27. The van der Waals surface area contributed by atoms with Gasteiger partial charge in [0.05, 0.1) is 11.5 Å². The Balaban J connectivity index is 1.87. The predicted octanol–water partition coefficient (Wildman–Crippen LogP) is 1.21. The van der Waals surface area contributed by atoms with Gasteiger partial charge in [-0.1, -0.05) is 6.92 Å². The number of hydrogen-bond acceptors (Lipinski definition) is 6. The molecule has 1 saturated heterocycles. The van der Waals surface area contributed by atoms with E-state index < -0.39 is 17.9 Å². The number of nitrogens with one attached hydrogen (secondary N) is 1. The van der Waals surface area contributed by atoms with Gasteiger partial charge in [0.1, 0.15) is 29.5 Å². The Bertz CT molecular complexity index is 742. The summed E-state index contributed by atoms with van der Waals surface area (Å²) in [6.45, 7) is 4.44. The van der Waals surface area contributed by atoms with Gasteiger partial charge in [0.2, 0.25) is 0 Å². The lowest BCUT2D eigenvalue weighted by atomic mass is 9.95. The van der Waals surface area contributed by atoms with Crippen LogP contribution >= 0.6 is 0 Å². The highest BCUT2D eigenvalue weighted by atomic mass is 16.6. The van der Waals surface area contributed by atoms with Crippen LogP contribution in [-0.2, 0) is 11.2 Å². The van der Waals surface area contributed by atoms with E-state index in [1.807, 2.05) is 17.7 Å². The highest BCUT2D eigenvalue weighted by Gasteiger charge is 2.52. The van der Waals surface area contributed by atoms with Crippen molar-refractivity contribution in [2.75, 3.05) is 11.9 Å². The molecule has 4 heterocycles. The number of aryl methyl sites for hydroxylation is 1. The molecule has 2 aliphatic rings. The third-order valence-corrected chi connectivity index (χ3v) is 5.01. The molecule has 0 bridgehead atoms. The molecule has 1 fully saturated rings. The highest BCUT2D eigenvalue weighted by Crippen LogP contribution is 2.42. The van der Waals surface area contributed by atoms with Crippen molar-refractivity contribution in [3.05, 3.63) is 18.1 Å². The summed E-state index contributed by atoms with van der Waals surface area (Å²) in [7, 11) is 0. The van der Waals surface area contributed by atoms with Crippen LogP contribution in [0, 0.1) is 0 Å². The topological polar surface area (TPSA) is 92.4 Å². The van der Waals surface area contributed by atoms with E-state index in [0.29, 0.717) is 6.42 Å². The van der Waals surface area contributed by atoms with Crippen LogP contribution in [0.15, 0.2) is 12.5 Å². The summed E-state index contributed by atoms with van der Waals surface area (Å²) in [5.74, 6) is 0.825. The van der Waals surface area contributed by atoms with Crippen molar-refractivity contribution >= 4 is 16.9 Å². The van der Waals surface area contributed by atoms with Crippen LogP contribution in [0.1, 0.15) is 38.5 Å². The predicted molar refractivity (Wildman–Crippen MR) is 85.2 cm³/mol. The van der Waals surface area contributed by atoms with Crippen LogP contribution in [0.5, 0.6) is 0 Å². The standard InChI is InChI=1S/C16H22N4O3/c1-3-10-12(21)16(2,22)15(23-10)20-7-9-5-4-6-17-13-11(9)14(20)19-8-18-13/h7-8,10,12,15,21-22H,3-6H2,1-2H3,(H,17,18,19)/t10-,12-,15?,16-/m1/s1. The summed E-state index contributed by atoms with van der Waals surface area (Å²) < 4.78 is 7.81. The molecular weight excluding hydrogens is 296 g/mol. The zero-order valence-electron chi connectivity index (χ0n) is 13.4. The summed E-state index contributed by atoms with van der Waals surface area (Å²) in [6.07, 6.45) is 4.10. The van der Waals surface area contributed by atoms with Crippen LogP contribution in [0.25, 0.3) is 11.0 Å². The summed E-state index contributed by atoms with van der Waals surface area (Å²) >= 11 is 0. The second-order valence-corrected chi connectivity index (χ2v) is 6.62. The van der Waals surface area contributed by atoms with Crippen molar-refractivity contribution in [2.45, 2.75) is 57.1 Å². The fraction of sp³-hybridized carbons (Fsp3) is 0.625. The van der Waals surface area contributed by atoms with Gasteiger partial charge in [0.15, 0.2) is 6.23 Å². The first-order chi connectivity index (χ1) is 11.0. The first-order valence-electron chi connectivity index (χ1n) is 8.18. The number of ether oxygens (including phenoxy) is 1. The van der Waals surface area contributed by atoms with Gasteiger partial charge in [-0.25, -0.2) is 9.97 Å². The Hall–Kier alpha value is -1.70. The molecule has 0 saturated carbocycles. The molecular formula is C16H22N4O3. The molecule has 2 aromatic rings. The van der Waals surface area contributed by atoms with Gasteiger partial charge in [0.25, 0.3) is 0 Å². The normalized spacial score (nSPS) is 33.7. The Labute approximate surface area is 134 Å². The van der Waals surface area contributed by atoms with Gasteiger partial charge >= 0.3 is 0 Å². The van der Waals surface area contributed by atoms with E-state index in [1.54, 1.807) is 6.92 Å². The number of aliphatic hydroxyl groups excluding tert-OH is 1. The van der Waals surface area contributed by atoms with E-state index in [2.05, 4.69) is 15.3 Å². The summed E-state index contributed by atoms with van der Waals surface area (Å²) in [6, 6.07) is 0. The molecule has 2 aliphatic heterocycles. The summed E-state index contributed by atoms with van der Waals surface area (Å²) in [5, 5.41) is 25.5. The van der Waals surface area contributed by atoms with Crippen molar-refractivity contribution < 1.29 is 14.9 Å². The van der Waals surface area contributed by atoms with Crippen LogP contribution < -0.4 is 5.32 Å². The molecule has 4 atom stereocenters. The number of hydrogen-bond donors (Lipinski definition) is 3. The molecule has 0 radical (unpaired) electrons. The second kappa shape index (κ2) is 5.15. The van der Waals surface area contributed by atoms with Crippen molar-refractivity contribution in [3.63, 3.8) is 0 Å². The summed E-state index contributed by atoms with van der Waals surface area (Å²) in [4.78, 5) is 8.74. The van der Waals surface area contributed by atoms with Crippen LogP contribution in [0.2, 0.25) is 0 Å². The fourth-order valence-electron chi connectivity index (χ4n) is 3.72. The van der Waals surface area contributed by atoms with Gasteiger partial charge in [0, 0.05) is 12.7 Å². The first-order valence-corrected chi connectivity index (χ1v) is 8.18. The van der Waals surface area contributed by atoms with Crippen LogP contribution in [0.3, 0.4) is 0 Å². The zero-order chi connectivity index (χ0) is 16.2. The third-order valence-electron chi connectivity index (χ3n) is 5.01. The average Bonchev–Trinajstić information content (AvgIpc) is 2.90. The SMILES string of the molecule is CC[C@H]1OC(n2cc3c4c(ncnc42)NCCC3)[C@](C)(O)[C@@H]1O. The van der Waals surface area contributed by atoms with E-state index >= 15 is 0 Å². The lowest BCUT2D eigenvalue weighted by molar-refractivity contribution is -0.0938. The minimum atomic E-state index is -1.37. The first kappa shape index (κ1) is 14.9. The quantitative estimate of drug-likeness (QED) is 0.771. The number of rotatable bonds is 2. The number of anilines is 1. The number of nitrogens with zero attached hydrogens (tertiary/aromatic N) is 3. The number of aromatic nitrogens is 3. The maximum absolute atomic E-state index is 10.8. The van der Waals surface area contributed by atoms with Crippen LogP contribution in [0.4, 0.5) is 5.82 Å². The average molecular weight is 318 g/mol. The summed E-state index contributed by atoms with van der Waals surface area (Å²) in [5.41, 5.74) is 0.509. The molecule has 7 nitrogen and oxygen atoms in total. The Morgan fingerprint density at radius 2 is 2.30 bits per heavy atom. The van der Waals surface area contributed by atoms with E-state index in [9.17, 15) is 10.2 Å². The minimum absolute atomic E-state index is 0.386. The minimum Gasteiger partial charge on any atom is -0.387 e. The van der Waals surface area contributed by atoms with Gasteiger partial charge in [-0.2, -0.15) is 0 Å². The Morgan fingerprint density at radius 1 is 1.48 bits per heavy atom. The molecule has 0 aromatic carbocycles. The fourth-order valence-corrected chi connectivity index (χ4v) is 3.72. The van der Waals surface area contributed by atoms with Gasteiger partial charge in [-0.3, -0.25) is 0 Å². The van der Waals surface area contributed by atoms with Gasteiger partial charge < -0.3 is 24.8 Å². The molecule has 3 N–H and O–H groups in total. The highest BCUT2D eigenvalue weighted by molar-refractivity contribution is 5.91. The van der Waals surface area contributed by atoms with Gasteiger partial charge in [-0.05, 0) is 31.7 Å².